The second-order valence-electron chi connectivity index (χ2n) is 4.93. The van der Waals surface area contributed by atoms with Gasteiger partial charge >= 0.3 is 0 Å². The van der Waals surface area contributed by atoms with Crippen LogP contribution in [0.15, 0.2) is 47.1 Å². The van der Waals surface area contributed by atoms with Crippen LogP contribution in [0.3, 0.4) is 0 Å². The van der Waals surface area contributed by atoms with E-state index in [0.717, 1.165) is 18.4 Å². The highest BCUT2D eigenvalue weighted by Crippen LogP contribution is 2.12. The van der Waals surface area contributed by atoms with Gasteiger partial charge in [-0.1, -0.05) is 18.2 Å². The second kappa shape index (κ2) is 7.22. The third-order valence-electron chi connectivity index (χ3n) is 3.13. The van der Waals surface area contributed by atoms with Crippen LogP contribution in [0.4, 0.5) is 0 Å². The zero-order valence-electron chi connectivity index (χ0n) is 11.7. The summed E-state index contributed by atoms with van der Waals surface area (Å²) < 4.78 is 0.645. The molecule has 1 unspecified atom stereocenters. The molecular weight excluding hydrogens is 332 g/mol. The van der Waals surface area contributed by atoms with Gasteiger partial charge in [0, 0.05) is 6.04 Å². The van der Waals surface area contributed by atoms with Gasteiger partial charge in [0.2, 0.25) is 0 Å². The molecule has 0 saturated heterocycles. The highest BCUT2D eigenvalue weighted by molar-refractivity contribution is 9.10. The Balaban J connectivity index is 1.85. The van der Waals surface area contributed by atoms with Crippen LogP contribution in [-0.2, 0) is 6.42 Å². The maximum atomic E-state index is 12.0. The Hall–Kier alpha value is -1.88. The smallest absolute Gasteiger partial charge is 0.270 e. The van der Waals surface area contributed by atoms with Crippen molar-refractivity contribution in [3.8, 4) is 5.75 Å². The van der Waals surface area contributed by atoms with Gasteiger partial charge in [0.1, 0.15) is 16.0 Å². The Bertz CT molecular complexity index is 614. The van der Waals surface area contributed by atoms with Gasteiger partial charge < -0.3 is 10.4 Å². The Labute approximate surface area is 132 Å². The molecule has 1 aromatic carbocycles. The van der Waals surface area contributed by atoms with Crippen molar-refractivity contribution >= 4 is 21.8 Å². The lowest BCUT2D eigenvalue weighted by molar-refractivity contribution is 0.0933. The van der Waals surface area contributed by atoms with E-state index < -0.39 is 0 Å². The summed E-state index contributed by atoms with van der Waals surface area (Å²) in [7, 11) is 0. The molecule has 4 nitrogen and oxygen atoms in total. The SMILES string of the molecule is CC(CCc1ccc(O)cc1)NC(=O)c1cccc(Br)n1. The number of halogens is 1. The molecule has 0 spiro atoms. The van der Waals surface area contributed by atoms with E-state index in [1.807, 2.05) is 19.1 Å². The first-order valence-electron chi connectivity index (χ1n) is 6.76. The molecule has 0 aliphatic rings. The van der Waals surface area contributed by atoms with Gasteiger partial charge in [-0.25, -0.2) is 4.98 Å². The molecule has 2 rings (SSSR count). The van der Waals surface area contributed by atoms with Crippen molar-refractivity contribution in [2.24, 2.45) is 0 Å². The summed E-state index contributed by atoms with van der Waals surface area (Å²) in [4.78, 5) is 16.2. The number of hydrogen-bond acceptors (Lipinski definition) is 3. The molecule has 1 aromatic heterocycles. The molecule has 0 bridgehead atoms. The van der Waals surface area contributed by atoms with E-state index in [1.165, 1.54) is 0 Å². The third kappa shape index (κ3) is 4.86. The second-order valence-corrected chi connectivity index (χ2v) is 5.74. The molecule has 2 N–H and O–H groups in total. The Morgan fingerprint density at radius 2 is 2.00 bits per heavy atom. The van der Waals surface area contributed by atoms with E-state index >= 15 is 0 Å². The number of carbonyl (C=O) groups excluding carboxylic acids is 1. The first-order chi connectivity index (χ1) is 10.0. The first-order valence-corrected chi connectivity index (χ1v) is 7.55. The fraction of sp³-hybridized carbons (Fsp3) is 0.250. The van der Waals surface area contributed by atoms with Crippen LogP contribution in [-0.4, -0.2) is 22.0 Å². The van der Waals surface area contributed by atoms with E-state index in [4.69, 9.17) is 0 Å². The number of nitrogens with one attached hydrogen (secondary N) is 1. The number of nitrogens with zero attached hydrogens (tertiary/aromatic N) is 1. The molecule has 0 saturated carbocycles. The van der Waals surface area contributed by atoms with Crippen LogP contribution in [0.5, 0.6) is 5.75 Å². The van der Waals surface area contributed by atoms with E-state index in [0.29, 0.717) is 10.3 Å². The lowest BCUT2D eigenvalue weighted by atomic mass is 10.1. The van der Waals surface area contributed by atoms with Crippen molar-refractivity contribution in [1.29, 1.82) is 0 Å². The van der Waals surface area contributed by atoms with Gasteiger partial charge in [-0.05, 0) is 65.5 Å². The molecule has 0 radical (unpaired) electrons. The minimum atomic E-state index is -0.172. The number of aromatic nitrogens is 1. The summed E-state index contributed by atoms with van der Waals surface area (Å²) >= 11 is 3.25. The molecule has 21 heavy (non-hydrogen) atoms. The summed E-state index contributed by atoms with van der Waals surface area (Å²) in [6.45, 7) is 1.97. The first kappa shape index (κ1) is 15.5. The normalized spacial score (nSPS) is 11.9. The Morgan fingerprint density at radius 3 is 2.67 bits per heavy atom. The van der Waals surface area contributed by atoms with Crippen molar-refractivity contribution in [2.75, 3.05) is 0 Å². The standard InChI is InChI=1S/C16H17BrN2O2/c1-11(5-6-12-7-9-13(20)10-8-12)18-16(21)14-3-2-4-15(17)19-14/h2-4,7-11,20H,5-6H2,1H3,(H,18,21). The van der Waals surface area contributed by atoms with Crippen molar-refractivity contribution < 1.29 is 9.90 Å². The maximum Gasteiger partial charge on any atom is 0.270 e. The number of pyridine rings is 1. The lowest BCUT2D eigenvalue weighted by Gasteiger charge is -2.13. The average molecular weight is 349 g/mol. The van der Waals surface area contributed by atoms with Crippen LogP contribution in [0, 0.1) is 0 Å². The fourth-order valence-corrected chi connectivity index (χ4v) is 2.29. The van der Waals surface area contributed by atoms with Gasteiger partial charge in [-0.15, -0.1) is 0 Å². The molecule has 1 heterocycles. The van der Waals surface area contributed by atoms with Gasteiger partial charge in [0.15, 0.2) is 0 Å². The predicted octanol–water partition coefficient (Wildman–Crippen LogP) is 3.30. The minimum Gasteiger partial charge on any atom is -0.508 e. The van der Waals surface area contributed by atoms with Crippen molar-refractivity contribution in [3.05, 3.63) is 58.3 Å². The zero-order chi connectivity index (χ0) is 15.2. The highest BCUT2D eigenvalue weighted by Gasteiger charge is 2.11. The molecular formula is C16H17BrN2O2. The number of hydrogen-bond donors (Lipinski definition) is 2. The maximum absolute atomic E-state index is 12.0. The quantitative estimate of drug-likeness (QED) is 0.815. The zero-order valence-corrected chi connectivity index (χ0v) is 13.3. The molecule has 110 valence electrons. The monoisotopic (exact) mass is 348 g/mol. The van der Waals surface area contributed by atoms with E-state index in [1.54, 1.807) is 30.3 Å². The van der Waals surface area contributed by atoms with Crippen LogP contribution < -0.4 is 5.32 Å². The van der Waals surface area contributed by atoms with Crippen LogP contribution >= 0.6 is 15.9 Å². The third-order valence-corrected chi connectivity index (χ3v) is 3.57. The highest BCUT2D eigenvalue weighted by atomic mass is 79.9. The molecule has 2 aromatic rings. The number of aromatic hydroxyl groups is 1. The molecule has 0 aliphatic heterocycles. The topological polar surface area (TPSA) is 62.2 Å². The van der Waals surface area contributed by atoms with Crippen molar-refractivity contribution in [1.82, 2.24) is 10.3 Å². The average Bonchev–Trinajstić information content (AvgIpc) is 2.46. The molecule has 1 amide bonds. The number of carbonyl (C=O) groups is 1. The fourth-order valence-electron chi connectivity index (χ4n) is 1.95. The molecule has 1 atom stereocenters. The van der Waals surface area contributed by atoms with Crippen molar-refractivity contribution in [2.45, 2.75) is 25.8 Å². The van der Waals surface area contributed by atoms with Crippen molar-refractivity contribution in [3.63, 3.8) is 0 Å². The summed E-state index contributed by atoms with van der Waals surface area (Å²) in [5.74, 6) is 0.0929. The van der Waals surface area contributed by atoms with Crippen LogP contribution in [0.1, 0.15) is 29.4 Å². The Kier molecular flexibility index (Phi) is 5.33. The largest absolute Gasteiger partial charge is 0.508 e. The minimum absolute atomic E-state index is 0.0482. The number of amides is 1. The number of phenols is 1. The van der Waals surface area contributed by atoms with Gasteiger partial charge in [-0.2, -0.15) is 0 Å². The van der Waals surface area contributed by atoms with Gasteiger partial charge in [-0.3, -0.25) is 4.79 Å². The van der Waals surface area contributed by atoms with E-state index in [2.05, 4.69) is 26.2 Å². The number of benzene rings is 1. The number of phenolic OH excluding ortho intramolecular Hbond substituents is 1. The van der Waals surface area contributed by atoms with Crippen LogP contribution in [0.2, 0.25) is 0 Å². The molecule has 0 fully saturated rings. The van der Waals surface area contributed by atoms with Crippen LogP contribution in [0.25, 0.3) is 0 Å². The lowest BCUT2D eigenvalue weighted by Crippen LogP contribution is -2.33. The summed E-state index contributed by atoms with van der Waals surface area (Å²) in [6.07, 6.45) is 1.66. The molecule has 0 aliphatic carbocycles. The number of aryl methyl sites for hydroxylation is 1. The van der Waals surface area contributed by atoms with E-state index in [-0.39, 0.29) is 17.7 Å². The predicted molar refractivity (Wildman–Crippen MR) is 85.3 cm³/mol. The molecule has 5 heteroatoms. The Morgan fingerprint density at radius 1 is 1.29 bits per heavy atom. The summed E-state index contributed by atoms with van der Waals surface area (Å²) in [6, 6.07) is 12.4. The summed E-state index contributed by atoms with van der Waals surface area (Å²) in [5.41, 5.74) is 1.54. The van der Waals surface area contributed by atoms with Gasteiger partial charge in [0.25, 0.3) is 5.91 Å². The van der Waals surface area contributed by atoms with Gasteiger partial charge in [0.05, 0.1) is 0 Å². The van der Waals surface area contributed by atoms with E-state index in [9.17, 15) is 9.90 Å². The number of rotatable bonds is 5. The summed E-state index contributed by atoms with van der Waals surface area (Å²) in [5, 5.41) is 12.2.